The summed E-state index contributed by atoms with van der Waals surface area (Å²) in [5.74, 6) is 1.95. The number of carbonyl (C=O) groups is 1. The van der Waals surface area contributed by atoms with Gasteiger partial charge in [0.05, 0.1) is 17.2 Å². The van der Waals surface area contributed by atoms with Crippen LogP contribution >= 0.6 is 23.2 Å². The quantitative estimate of drug-likeness (QED) is 0.482. The smallest absolute Gasteiger partial charge is 0.309 e. The number of aryl methyl sites for hydroxylation is 2. The number of aromatic nitrogens is 2. The molecule has 3 aliphatic rings. The predicted octanol–water partition coefficient (Wildman–Crippen LogP) is 5.58. The summed E-state index contributed by atoms with van der Waals surface area (Å²) in [6, 6.07) is 6.44. The molecule has 2 aromatic rings. The molecule has 2 unspecified atom stereocenters. The molecule has 2 aliphatic heterocycles. The van der Waals surface area contributed by atoms with E-state index in [4.69, 9.17) is 33.2 Å². The Labute approximate surface area is 223 Å². The molecule has 9 heteroatoms. The van der Waals surface area contributed by atoms with Crippen molar-refractivity contribution in [1.29, 1.82) is 0 Å². The number of nitrogens with one attached hydrogen (secondary N) is 1. The third-order valence-electron chi connectivity index (χ3n) is 8.50. The zero-order chi connectivity index (χ0) is 25.8. The van der Waals surface area contributed by atoms with Gasteiger partial charge in [-0.05, 0) is 76.0 Å². The number of hydrogen-bond donors (Lipinski definition) is 2. The van der Waals surface area contributed by atoms with Gasteiger partial charge in [-0.3, -0.25) is 9.69 Å². The van der Waals surface area contributed by atoms with Crippen LogP contribution in [-0.4, -0.2) is 58.2 Å². The number of carboxylic acid groups (broad SMARTS) is 1. The Hall–Kier alpha value is -2.09. The van der Waals surface area contributed by atoms with E-state index in [0.717, 1.165) is 73.2 Å². The van der Waals surface area contributed by atoms with Gasteiger partial charge in [-0.25, -0.2) is 4.98 Å². The Bertz CT molecular complexity index is 1160. The van der Waals surface area contributed by atoms with E-state index < -0.39 is 11.4 Å². The van der Waals surface area contributed by atoms with Crippen molar-refractivity contribution in [3.63, 3.8) is 0 Å². The van der Waals surface area contributed by atoms with Crippen LogP contribution in [0.15, 0.2) is 18.2 Å². The average Bonchev–Trinajstić information content (AvgIpc) is 3.23. The molecule has 7 nitrogen and oxygen atoms in total. The third-order valence-corrected chi connectivity index (χ3v) is 9.28. The summed E-state index contributed by atoms with van der Waals surface area (Å²) in [5, 5.41) is 14.1. The molecule has 0 amide bonds. The van der Waals surface area contributed by atoms with Crippen LogP contribution in [-0.2, 0) is 4.79 Å². The van der Waals surface area contributed by atoms with Crippen molar-refractivity contribution in [1.82, 2.24) is 14.9 Å². The van der Waals surface area contributed by atoms with Crippen LogP contribution in [0.3, 0.4) is 0 Å². The third kappa shape index (κ3) is 4.77. The van der Waals surface area contributed by atoms with Crippen molar-refractivity contribution in [3.05, 3.63) is 45.1 Å². The van der Waals surface area contributed by atoms with E-state index in [1.807, 2.05) is 32.9 Å². The fourth-order valence-corrected chi connectivity index (χ4v) is 6.50. The second-order valence-corrected chi connectivity index (χ2v) is 12.1. The lowest BCUT2D eigenvalue weighted by Gasteiger charge is -2.54. The summed E-state index contributed by atoms with van der Waals surface area (Å²) >= 11 is 13.1. The average molecular weight is 533 g/mol. The standard InChI is InChI=1S/C27H35Cl2N5O2/c1-15-5-6-21(22(28)9-15)16(2)30-24-23(29)17(3)31-26(32-24)33-8-7-18(12-33)19-13-34(14-19)20-10-27(4,11-20)25(35)36/h5-6,9,16,18-20H,7-8,10-14H2,1-4H3,(H,35,36)(H,30,31,32). The molecule has 1 aromatic carbocycles. The van der Waals surface area contributed by atoms with E-state index in [1.165, 1.54) is 0 Å². The number of hydrogen-bond acceptors (Lipinski definition) is 6. The second-order valence-electron chi connectivity index (χ2n) is 11.3. The molecule has 0 spiro atoms. The maximum atomic E-state index is 11.4. The van der Waals surface area contributed by atoms with Gasteiger partial charge in [0.25, 0.3) is 0 Å². The SMILES string of the molecule is Cc1ccc(C(C)Nc2nc(N3CCC(C4CN(C5CC(C)(C(=O)O)C5)C4)C3)nc(C)c2Cl)c(Cl)c1. The summed E-state index contributed by atoms with van der Waals surface area (Å²) in [6.07, 6.45) is 2.66. The molecule has 5 rings (SSSR count). The number of likely N-dealkylation sites (tertiary alicyclic amines) is 1. The summed E-state index contributed by atoms with van der Waals surface area (Å²) in [6.45, 7) is 11.9. The molecule has 3 heterocycles. The minimum atomic E-state index is -0.661. The number of nitrogens with zero attached hydrogens (tertiary/aromatic N) is 4. The molecule has 0 bridgehead atoms. The van der Waals surface area contributed by atoms with E-state index in [1.54, 1.807) is 0 Å². The van der Waals surface area contributed by atoms with Crippen LogP contribution in [0.4, 0.5) is 11.8 Å². The molecular weight excluding hydrogens is 497 g/mol. The summed E-state index contributed by atoms with van der Waals surface area (Å²) in [5.41, 5.74) is 2.36. The normalized spacial score (nSPS) is 27.4. The number of halogens is 2. The molecule has 1 aliphatic carbocycles. The van der Waals surface area contributed by atoms with Crippen molar-refractivity contribution in [3.8, 4) is 0 Å². The van der Waals surface area contributed by atoms with Crippen LogP contribution in [0.5, 0.6) is 0 Å². The number of rotatable bonds is 7. The fourth-order valence-electron chi connectivity index (χ4n) is 5.96. The van der Waals surface area contributed by atoms with Gasteiger partial charge in [-0.15, -0.1) is 0 Å². The van der Waals surface area contributed by atoms with Crippen LogP contribution in [0.1, 0.15) is 56.0 Å². The molecule has 2 atom stereocenters. The topological polar surface area (TPSA) is 81.6 Å². The Morgan fingerprint density at radius 2 is 1.89 bits per heavy atom. The van der Waals surface area contributed by atoms with E-state index in [9.17, 15) is 9.90 Å². The molecular formula is C27H35Cl2N5O2. The van der Waals surface area contributed by atoms with Crippen molar-refractivity contribution < 1.29 is 9.90 Å². The minimum Gasteiger partial charge on any atom is -0.481 e. The highest BCUT2D eigenvalue weighted by atomic mass is 35.5. The molecule has 2 saturated heterocycles. The van der Waals surface area contributed by atoms with Gasteiger partial charge in [0.2, 0.25) is 5.95 Å². The van der Waals surface area contributed by atoms with Crippen LogP contribution in [0, 0.1) is 31.1 Å². The van der Waals surface area contributed by atoms with E-state index in [-0.39, 0.29) is 6.04 Å². The first kappa shape index (κ1) is 25.6. The first-order valence-corrected chi connectivity index (χ1v) is 13.6. The first-order chi connectivity index (χ1) is 17.0. The minimum absolute atomic E-state index is 0.0560. The largest absolute Gasteiger partial charge is 0.481 e. The zero-order valence-corrected chi connectivity index (χ0v) is 22.9. The highest BCUT2D eigenvalue weighted by molar-refractivity contribution is 6.33. The van der Waals surface area contributed by atoms with Gasteiger partial charge in [0.1, 0.15) is 5.02 Å². The van der Waals surface area contributed by atoms with Gasteiger partial charge in [0, 0.05) is 37.2 Å². The van der Waals surface area contributed by atoms with E-state index in [0.29, 0.717) is 28.7 Å². The Balaban J connectivity index is 1.20. The van der Waals surface area contributed by atoms with E-state index in [2.05, 4.69) is 28.1 Å². The lowest BCUT2D eigenvalue weighted by molar-refractivity contribution is -0.160. The number of anilines is 2. The maximum absolute atomic E-state index is 11.4. The molecule has 3 fully saturated rings. The van der Waals surface area contributed by atoms with Crippen molar-refractivity contribution in [2.45, 2.75) is 59.0 Å². The number of aliphatic carboxylic acids is 1. The van der Waals surface area contributed by atoms with Crippen molar-refractivity contribution in [2.75, 3.05) is 36.4 Å². The molecule has 1 aromatic heterocycles. The molecule has 2 N–H and O–H groups in total. The summed E-state index contributed by atoms with van der Waals surface area (Å²) in [4.78, 5) is 25.7. The molecule has 1 saturated carbocycles. The van der Waals surface area contributed by atoms with Gasteiger partial charge < -0.3 is 15.3 Å². The highest BCUT2D eigenvalue weighted by Crippen LogP contribution is 2.46. The molecule has 0 radical (unpaired) electrons. The van der Waals surface area contributed by atoms with Crippen LogP contribution in [0.2, 0.25) is 10.0 Å². The molecule has 194 valence electrons. The summed E-state index contributed by atoms with van der Waals surface area (Å²) < 4.78 is 0. The lowest BCUT2D eigenvalue weighted by Crippen LogP contribution is -2.61. The monoisotopic (exact) mass is 531 g/mol. The van der Waals surface area contributed by atoms with Gasteiger partial charge in [-0.1, -0.05) is 35.3 Å². The van der Waals surface area contributed by atoms with Gasteiger partial charge >= 0.3 is 5.97 Å². The van der Waals surface area contributed by atoms with Crippen LogP contribution in [0.25, 0.3) is 0 Å². The molecule has 36 heavy (non-hydrogen) atoms. The Kier molecular flexibility index (Phi) is 6.85. The number of benzene rings is 1. The van der Waals surface area contributed by atoms with Crippen molar-refractivity contribution in [2.24, 2.45) is 17.3 Å². The fraction of sp³-hybridized carbons (Fsp3) is 0.593. The Morgan fingerprint density at radius 1 is 1.17 bits per heavy atom. The maximum Gasteiger partial charge on any atom is 0.309 e. The second kappa shape index (κ2) is 9.66. The number of carboxylic acids is 1. The van der Waals surface area contributed by atoms with Crippen molar-refractivity contribution >= 4 is 40.9 Å². The van der Waals surface area contributed by atoms with Gasteiger partial charge in [-0.2, -0.15) is 4.98 Å². The van der Waals surface area contributed by atoms with E-state index >= 15 is 0 Å². The van der Waals surface area contributed by atoms with Crippen LogP contribution < -0.4 is 10.2 Å². The Morgan fingerprint density at radius 3 is 2.56 bits per heavy atom. The first-order valence-electron chi connectivity index (χ1n) is 12.8. The highest BCUT2D eigenvalue weighted by Gasteiger charge is 2.51. The lowest BCUT2D eigenvalue weighted by atomic mass is 9.65. The zero-order valence-electron chi connectivity index (χ0n) is 21.4. The predicted molar refractivity (Wildman–Crippen MR) is 144 cm³/mol. The summed E-state index contributed by atoms with van der Waals surface area (Å²) in [7, 11) is 0. The van der Waals surface area contributed by atoms with Gasteiger partial charge in [0.15, 0.2) is 5.82 Å².